The van der Waals surface area contributed by atoms with E-state index in [0.29, 0.717) is 158 Å². The highest BCUT2D eigenvalue weighted by atomic mass is 79.9. The van der Waals surface area contributed by atoms with E-state index in [1.165, 1.54) is 54.4 Å². The average Bonchev–Trinajstić information content (AvgIpc) is 1.69. The van der Waals surface area contributed by atoms with Gasteiger partial charge in [-0.2, -0.15) is 15.8 Å². The Balaban J connectivity index is 0.000000135. The summed E-state index contributed by atoms with van der Waals surface area (Å²) in [7, 11) is 2.57. The van der Waals surface area contributed by atoms with Crippen molar-refractivity contribution in [2.24, 2.45) is 0 Å². The van der Waals surface area contributed by atoms with E-state index in [2.05, 4.69) is 47.5 Å². The Labute approximate surface area is 742 Å². The van der Waals surface area contributed by atoms with Gasteiger partial charge in [0.1, 0.15) is 89.6 Å². The molecule has 6 aliphatic rings. The fourth-order valence-corrected chi connectivity index (χ4v) is 16.6. The number of ether oxygens (including phenoxy) is 5. The predicted octanol–water partition coefficient (Wildman–Crippen LogP) is 22.8. The van der Waals surface area contributed by atoms with Crippen molar-refractivity contribution < 1.29 is 71.1 Å². The van der Waals surface area contributed by atoms with Crippen LogP contribution < -0.4 is 29.3 Å². The summed E-state index contributed by atoms with van der Waals surface area (Å²) < 4.78 is 45.7. The molecule has 0 radical (unpaired) electrons. The third kappa shape index (κ3) is 18.8. The number of nitrogens with zero attached hydrogens (tertiary/aromatic N) is 8. The number of anilines is 5. The Hall–Kier alpha value is -12.5. The van der Waals surface area contributed by atoms with Gasteiger partial charge in [-0.05, 0) is 236 Å². The Kier molecular flexibility index (Phi) is 26.0. The third-order valence-electron chi connectivity index (χ3n) is 21.2. The topological polar surface area (TPSA) is 337 Å². The van der Waals surface area contributed by atoms with Gasteiger partial charge in [0.15, 0.2) is 0 Å². The highest BCUT2D eigenvalue weighted by Gasteiger charge is 2.38. The number of aromatic carboxylic acids is 1. The summed E-state index contributed by atoms with van der Waals surface area (Å²) >= 11 is 41.9. The van der Waals surface area contributed by atoms with Crippen LogP contribution in [0, 0.1) is 34.0 Å². The van der Waals surface area contributed by atoms with E-state index < -0.39 is 17.9 Å². The number of hydrogen-bond acceptors (Lipinski definition) is 20. The van der Waals surface area contributed by atoms with Crippen molar-refractivity contribution in [2.45, 2.75) is 115 Å². The molecular formula is C92H68BrCl6N9O15. The molecule has 0 unspecified atom stereocenters. The molecule has 3 amide bonds. The summed E-state index contributed by atoms with van der Waals surface area (Å²) in [6, 6.07) is 52.1. The first-order valence-corrected chi connectivity index (χ1v) is 41.8. The maximum atomic E-state index is 13.1. The van der Waals surface area contributed by atoms with Gasteiger partial charge >= 0.3 is 17.9 Å². The zero-order valence-corrected chi connectivity index (χ0v) is 71.4. The van der Waals surface area contributed by atoms with Gasteiger partial charge < -0.3 is 47.7 Å². The van der Waals surface area contributed by atoms with E-state index in [4.69, 9.17) is 107 Å². The molecule has 0 spiro atoms. The largest absolute Gasteiger partial charge is 0.489 e. The van der Waals surface area contributed by atoms with Crippen LogP contribution in [0.25, 0.3) is 33.8 Å². The molecule has 12 aromatic rings. The molecule has 0 atom stereocenters. The number of hydrogen-bond donors (Lipinski definition) is 2. The first-order chi connectivity index (χ1) is 59.5. The Morgan fingerprint density at radius 3 is 1.16 bits per heavy atom. The number of carboxylic acids is 1. The number of nitrogens with one attached hydrogen (secondary N) is 1. The number of esters is 2. The van der Waals surface area contributed by atoms with Crippen LogP contribution in [0.5, 0.6) is 17.2 Å². The molecule has 3 aliphatic heterocycles. The first-order valence-electron chi connectivity index (χ1n) is 38.7. The second-order valence-electron chi connectivity index (χ2n) is 29.3. The molecule has 3 fully saturated rings. The fourth-order valence-electron chi connectivity index (χ4n) is 14.6. The molecule has 24 nitrogen and oxygen atoms in total. The molecule has 0 saturated heterocycles. The summed E-state index contributed by atoms with van der Waals surface area (Å²) in [6.07, 6.45) is 8.93. The Morgan fingerprint density at radius 1 is 0.447 bits per heavy atom. The first kappa shape index (κ1) is 85.5. The normalized spacial score (nSPS) is 14.2. The van der Waals surface area contributed by atoms with E-state index in [1.807, 2.05) is 42.5 Å². The monoisotopic (exact) mass is 1830 g/mol. The van der Waals surface area contributed by atoms with Crippen molar-refractivity contribution in [3.8, 4) is 69.2 Å². The second-order valence-corrected chi connectivity index (χ2v) is 32.6. The summed E-state index contributed by atoms with van der Waals surface area (Å²) in [6.45, 7) is 0.682. The molecule has 18 rings (SSSR count). The van der Waals surface area contributed by atoms with E-state index in [1.54, 1.807) is 103 Å². The summed E-state index contributed by atoms with van der Waals surface area (Å²) in [4.78, 5) is 74.9. The lowest BCUT2D eigenvalue weighted by Crippen LogP contribution is -2.31. The number of fused-ring (bicyclic) bond motifs is 3. The quantitative estimate of drug-likeness (QED) is 0.0669. The number of carbonyl (C=O) groups is 6. The number of carboxylic acid groups (broad SMARTS) is 1. The SMILES string of the molecule is COC(=O)c1ccc(Br)c(C#N)c1.COC(=O)c1ccc(N2C(=O)CCc3cc(OCc4c(-c5c(Cl)cccc5Cl)noc4C4CC4)ccc32)c(C#N)c1.N#Cc1cc(C(=O)O)ccc1N1C(=O)CCc2cc(OCc3c(-c4c(Cl)cccc4Cl)noc3C3CC3)ccc21.O=C1CCc2cc(OCc3c(-c4c(Cl)cccc4Cl)noc3C3CC3)ccc2N1. The lowest BCUT2D eigenvalue weighted by molar-refractivity contribution is -0.119. The smallest absolute Gasteiger partial charge is 0.337 e. The zero-order valence-electron chi connectivity index (χ0n) is 65.3. The number of benzene rings is 9. The van der Waals surface area contributed by atoms with Crippen molar-refractivity contribution in [1.82, 2.24) is 15.5 Å². The van der Waals surface area contributed by atoms with Crippen LogP contribution in [0.2, 0.25) is 30.1 Å². The van der Waals surface area contributed by atoms with Gasteiger partial charge in [0.05, 0.1) is 117 Å². The van der Waals surface area contributed by atoms with Crippen LogP contribution in [-0.4, -0.2) is 70.4 Å². The molecular weight excluding hydrogens is 1760 g/mol. The van der Waals surface area contributed by atoms with Crippen molar-refractivity contribution in [3.63, 3.8) is 0 Å². The van der Waals surface area contributed by atoms with Crippen LogP contribution in [0.15, 0.2) is 182 Å². The van der Waals surface area contributed by atoms with Crippen LogP contribution >= 0.6 is 85.5 Å². The fraction of sp³-hybridized carbons (Fsp3) is 0.217. The molecule has 6 heterocycles. The average molecular weight is 1830 g/mol. The highest BCUT2D eigenvalue weighted by molar-refractivity contribution is 9.10. The summed E-state index contributed by atoms with van der Waals surface area (Å²) in [5.41, 5.74) is 13.1. The molecule has 620 valence electrons. The molecule has 2 N–H and O–H groups in total. The minimum Gasteiger partial charge on any atom is -0.489 e. The second kappa shape index (κ2) is 37.5. The molecule has 0 bridgehead atoms. The van der Waals surface area contributed by atoms with Crippen molar-refractivity contribution >= 4 is 150 Å². The number of aryl methyl sites for hydroxylation is 3. The van der Waals surface area contributed by atoms with Crippen LogP contribution in [0.1, 0.15) is 174 Å². The Morgan fingerprint density at radius 2 is 0.789 bits per heavy atom. The number of methoxy groups -OCH3 is 2. The van der Waals surface area contributed by atoms with Gasteiger partial charge in [-0.15, -0.1) is 0 Å². The third-order valence-corrected chi connectivity index (χ3v) is 23.8. The number of halogens is 7. The van der Waals surface area contributed by atoms with Crippen LogP contribution in [0.3, 0.4) is 0 Å². The van der Waals surface area contributed by atoms with Gasteiger partial charge in [0, 0.05) is 63.9 Å². The maximum Gasteiger partial charge on any atom is 0.337 e. The van der Waals surface area contributed by atoms with E-state index in [9.17, 15) is 44.4 Å². The van der Waals surface area contributed by atoms with E-state index in [-0.39, 0.29) is 71.9 Å². The van der Waals surface area contributed by atoms with Crippen LogP contribution in [-0.2, 0) is 62.9 Å². The molecule has 3 saturated carbocycles. The lowest BCUT2D eigenvalue weighted by atomic mass is 9.98. The van der Waals surface area contributed by atoms with E-state index >= 15 is 0 Å². The van der Waals surface area contributed by atoms with Gasteiger partial charge in [-0.3, -0.25) is 24.2 Å². The van der Waals surface area contributed by atoms with Crippen LogP contribution in [0.4, 0.5) is 28.4 Å². The molecule has 123 heavy (non-hydrogen) atoms. The lowest BCUT2D eigenvalue weighted by Gasteiger charge is -2.30. The predicted molar refractivity (Wildman–Crippen MR) is 463 cm³/mol. The number of nitriles is 3. The van der Waals surface area contributed by atoms with Crippen molar-refractivity contribution in [1.29, 1.82) is 15.8 Å². The molecule has 31 heteroatoms. The number of rotatable bonds is 20. The van der Waals surface area contributed by atoms with Gasteiger partial charge in [0.2, 0.25) is 17.7 Å². The van der Waals surface area contributed by atoms with E-state index in [0.717, 1.165) is 101 Å². The standard InChI is InChI=1S/C31H23Cl2N3O5.C30H21Cl2N3O5.C22H18Cl2N2O3.C9H6BrNO2/c1-39-31(38)19-7-10-26(20(13-19)15-34)36-25-11-9-21(14-18(25)8-12-27(36)37)40-16-22-29(35-41-30(22)17-5-6-17)28-23(32)3-2-4-24(28)33;31-22-2-1-3-23(32)27(22)28-21(29(40-34-28)16-4-5-16)15-39-20-8-10-24-17(13-20)7-11-26(36)35(24)25-9-6-18(30(37)38)12-19(25)14-33;23-16-2-1-3-17(24)20(16)21-15(22(29-26-21)12-4-5-12)11-28-14-7-8-18-13(10-14)6-9-19(27)25-18;1-13-9(12)6-2-3-8(10)7(4-6)5-11/h2-4,7,9-11,13-14,17H,5-6,8,12,16H2,1H3;1-3,6,8-10,12-13,16H,4-5,7,11,15H2,(H,37,38);1-3,7-8,10,12H,4-6,9,11H2,(H,25,27);2-4H,1H3. The summed E-state index contributed by atoms with van der Waals surface area (Å²) in [5.74, 6) is 2.86. The molecule has 3 aliphatic carbocycles. The number of carbonyl (C=O) groups excluding carboxylic acids is 5. The number of aromatic nitrogens is 3. The Bertz CT molecular complexity index is 6310. The molecule has 3 aromatic heterocycles. The molecule has 9 aromatic carbocycles. The highest BCUT2D eigenvalue weighted by Crippen LogP contribution is 2.51. The van der Waals surface area contributed by atoms with Gasteiger partial charge in [-0.25, -0.2) is 14.4 Å². The van der Waals surface area contributed by atoms with Crippen molar-refractivity contribution in [2.75, 3.05) is 29.3 Å². The minimum atomic E-state index is -1.15. The minimum absolute atomic E-state index is 0.0227. The van der Waals surface area contributed by atoms with Crippen molar-refractivity contribution in [3.05, 3.63) is 282 Å². The summed E-state index contributed by atoms with van der Waals surface area (Å²) in [5, 5.41) is 56.2. The zero-order chi connectivity index (χ0) is 86.4. The van der Waals surface area contributed by atoms with Gasteiger partial charge in [-0.1, -0.05) is 103 Å². The maximum absolute atomic E-state index is 13.1. The number of amides is 3. The van der Waals surface area contributed by atoms with Gasteiger partial charge in [0.25, 0.3) is 0 Å².